The minimum Gasteiger partial charge on any atom is -0.342 e. The molecule has 3 rings (SSSR count). The molecule has 2 aliphatic rings. The molecule has 8 heteroatoms. The second kappa shape index (κ2) is 7.98. The van der Waals surface area contributed by atoms with Gasteiger partial charge in [-0.3, -0.25) is 9.59 Å². The third-order valence-electron chi connectivity index (χ3n) is 5.57. The van der Waals surface area contributed by atoms with Crippen molar-refractivity contribution in [2.75, 3.05) is 33.2 Å². The van der Waals surface area contributed by atoms with Gasteiger partial charge in [-0.15, -0.1) is 0 Å². The van der Waals surface area contributed by atoms with E-state index >= 15 is 0 Å². The summed E-state index contributed by atoms with van der Waals surface area (Å²) in [5.41, 5.74) is 1.14. The first-order valence-corrected chi connectivity index (χ1v) is 10.9. The van der Waals surface area contributed by atoms with E-state index in [1.165, 1.54) is 19.2 Å². The molecule has 0 bridgehead atoms. The van der Waals surface area contributed by atoms with E-state index in [9.17, 15) is 18.0 Å². The summed E-state index contributed by atoms with van der Waals surface area (Å²) in [6.45, 7) is 4.54. The fraction of sp³-hybridized carbons (Fsp3) is 0.579. The van der Waals surface area contributed by atoms with Crippen LogP contribution in [-0.4, -0.2) is 63.3 Å². The molecule has 0 aromatic heterocycles. The predicted octanol–water partition coefficient (Wildman–Crippen LogP) is 1.38. The molecule has 1 aromatic carbocycles. The van der Waals surface area contributed by atoms with Gasteiger partial charge in [-0.2, -0.15) is 0 Å². The Kier molecular flexibility index (Phi) is 5.86. The summed E-state index contributed by atoms with van der Waals surface area (Å²) in [6, 6.07) is 4.59. The molecule has 0 unspecified atom stereocenters. The average Bonchev–Trinajstić information content (AvgIpc) is 3.22. The van der Waals surface area contributed by atoms with E-state index in [0.717, 1.165) is 31.5 Å². The molecule has 0 spiro atoms. The third-order valence-corrected chi connectivity index (χ3v) is 6.98. The van der Waals surface area contributed by atoms with Gasteiger partial charge in [-0.05, 0) is 57.4 Å². The Morgan fingerprint density at radius 3 is 2.26 bits per heavy atom. The first-order valence-electron chi connectivity index (χ1n) is 9.46. The SMILES string of the molecule is CNS(=O)(=O)c1ccc(C)c(C(=O)N2CCC(C(=O)N3CCCC3)CC2)c1. The topological polar surface area (TPSA) is 86.8 Å². The Labute approximate surface area is 160 Å². The number of amides is 2. The smallest absolute Gasteiger partial charge is 0.254 e. The van der Waals surface area contributed by atoms with Crippen LogP contribution >= 0.6 is 0 Å². The van der Waals surface area contributed by atoms with Gasteiger partial charge in [0.2, 0.25) is 15.9 Å². The number of benzene rings is 1. The fourth-order valence-corrected chi connectivity index (χ4v) is 4.57. The van der Waals surface area contributed by atoms with Crippen LogP contribution in [0.4, 0.5) is 0 Å². The average molecular weight is 394 g/mol. The molecule has 2 saturated heterocycles. The van der Waals surface area contributed by atoms with E-state index in [0.29, 0.717) is 31.5 Å². The minimum absolute atomic E-state index is 0.00995. The van der Waals surface area contributed by atoms with Crippen molar-refractivity contribution in [2.45, 2.75) is 37.5 Å². The van der Waals surface area contributed by atoms with Gasteiger partial charge in [0.25, 0.3) is 5.91 Å². The molecular formula is C19H27N3O4S. The van der Waals surface area contributed by atoms with Crippen molar-refractivity contribution < 1.29 is 18.0 Å². The van der Waals surface area contributed by atoms with Gasteiger partial charge in [-0.1, -0.05) is 6.07 Å². The molecule has 2 aliphatic heterocycles. The van der Waals surface area contributed by atoms with Crippen molar-refractivity contribution in [2.24, 2.45) is 5.92 Å². The van der Waals surface area contributed by atoms with Crippen molar-refractivity contribution >= 4 is 21.8 Å². The number of sulfonamides is 1. The summed E-state index contributed by atoms with van der Waals surface area (Å²) < 4.78 is 26.3. The number of aryl methyl sites for hydroxylation is 1. The van der Waals surface area contributed by atoms with Crippen LogP contribution in [0.15, 0.2) is 23.1 Å². The van der Waals surface area contributed by atoms with Crippen molar-refractivity contribution in [1.82, 2.24) is 14.5 Å². The largest absolute Gasteiger partial charge is 0.342 e. The first kappa shape index (κ1) is 19.8. The molecule has 27 heavy (non-hydrogen) atoms. The molecule has 7 nitrogen and oxygen atoms in total. The van der Waals surface area contributed by atoms with Gasteiger partial charge in [0.1, 0.15) is 0 Å². The Hall–Kier alpha value is -1.93. The van der Waals surface area contributed by atoms with Gasteiger partial charge >= 0.3 is 0 Å². The lowest BCUT2D eigenvalue weighted by atomic mass is 9.94. The Morgan fingerprint density at radius 1 is 1.04 bits per heavy atom. The van der Waals surface area contributed by atoms with Crippen LogP contribution in [-0.2, 0) is 14.8 Å². The molecule has 148 valence electrons. The van der Waals surface area contributed by atoms with Crippen LogP contribution in [0.1, 0.15) is 41.6 Å². The van der Waals surface area contributed by atoms with E-state index in [1.54, 1.807) is 17.9 Å². The number of carbonyl (C=O) groups is 2. The van der Waals surface area contributed by atoms with Crippen LogP contribution < -0.4 is 4.72 Å². The lowest BCUT2D eigenvalue weighted by Gasteiger charge is -2.33. The summed E-state index contributed by atoms with van der Waals surface area (Å²) >= 11 is 0. The zero-order valence-corrected chi connectivity index (χ0v) is 16.7. The van der Waals surface area contributed by atoms with Crippen LogP contribution in [0.2, 0.25) is 0 Å². The molecule has 2 heterocycles. The fourth-order valence-electron chi connectivity index (χ4n) is 3.81. The highest BCUT2D eigenvalue weighted by Crippen LogP contribution is 2.24. The molecule has 0 saturated carbocycles. The highest BCUT2D eigenvalue weighted by Gasteiger charge is 2.32. The predicted molar refractivity (Wildman–Crippen MR) is 102 cm³/mol. The second-order valence-electron chi connectivity index (χ2n) is 7.28. The first-order chi connectivity index (χ1) is 12.8. The molecular weight excluding hydrogens is 366 g/mol. The molecule has 1 N–H and O–H groups in total. The molecule has 2 fully saturated rings. The van der Waals surface area contributed by atoms with E-state index in [4.69, 9.17) is 0 Å². The van der Waals surface area contributed by atoms with E-state index in [-0.39, 0.29) is 22.6 Å². The summed E-state index contributed by atoms with van der Waals surface area (Å²) in [5.74, 6) is 0.0369. The monoisotopic (exact) mass is 393 g/mol. The second-order valence-corrected chi connectivity index (χ2v) is 9.17. The highest BCUT2D eigenvalue weighted by atomic mass is 32.2. The summed E-state index contributed by atoms with van der Waals surface area (Å²) in [4.78, 5) is 29.2. The zero-order valence-electron chi connectivity index (χ0n) is 15.9. The summed E-state index contributed by atoms with van der Waals surface area (Å²) in [5, 5.41) is 0. The maximum absolute atomic E-state index is 12.9. The molecule has 0 atom stereocenters. The van der Waals surface area contributed by atoms with Crippen molar-refractivity contribution in [3.8, 4) is 0 Å². The number of likely N-dealkylation sites (tertiary alicyclic amines) is 2. The summed E-state index contributed by atoms with van der Waals surface area (Å²) in [7, 11) is -2.26. The van der Waals surface area contributed by atoms with E-state index in [2.05, 4.69) is 4.72 Å². The van der Waals surface area contributed by atoms with Gasteiger partial charge < -0.3 is 9.80 Å². The summed E-state index contributed by atoms with van der Waals surface area (Å²) in [6.07, 6.45) is 3.48. The Morgan fingerprint density at radius 2 is 1.67 bits per heavy atom. The van der Waals surface area contributed by atoms with Crippen molar-refractivity contribution in [1.29, 1.82) is 0 Å². The van der Waals surface area contributed by atoms with Crippen molar-refractivity contribution in [3.63, 3.8) is 0 Å². The van der Waals surface area contributed by atoms with Crippen LogP contribution in [0.25, 0.3) is 0 Å². The van der Waals surface area contributed by atoms with Crippen molar-refractivity contribution in [3.05, 3.63) is 29.3 Å². The number of nitrogens with zero attached hydrogens (tertiary/aromatic N) is 2. The molecule has 2 amide bonds. The van der Waals surface area contributed by atoms with E-state index in [1.807, 2.05) is 4.90 Å². The van der Waals surface area contributed by atoms with Crippen LogP contribution in [0.5, 0.6) is 0 Å². The number of rotatable bonds is 4. The molecule has 0 aliphatic carbocycles. The highest BCUT2D eigenvalue weighted by molar-refractivity contribution is 7.89. The minimum atomic E-state index is -3.60. The number of nitrogens with one attached hydrogen (secondary N) is 1. The van der Waals surface area contributed by atoms with Gasteiger partial charge in [0.05, 0.1) is 4.90 Å². The lowest BCUT2D eigenvalue weighted by molar-refractivity contribution is -0.135. The maximum Gasteiger partial charge on any atom is 0.254 e. The van der Waals surface area contributed by atoms with Crippen LogP contribution in [0, 0.1) is 12.8 Å². The Bertz CT molecular complexity index is 823. The van der Waals surface area contributed by atoms with Gasteiger partial charge in [0.15, 0.2) is 0 Å². The van der Waals surface area contributed by atoms with Crippen LogP contribution in [0.3, 0.4) is 0 Å². The maximum atomic E-state index is 12.9. The Balaban J connectivity index is 1.69. The number of carbonyl (C=O) groups excluding carboxylic acids is 2. The van der Waals surface area contributed by atoms with Gasteiger partial charge in [0, 0.05) is 37.7 Å². The molecule has 1 aromatic rings. The standard InChI is InChI=1S/C19H27N3O4S/c1-14-5-6-16(27(25,26)20-2)13-17(14)19(24)22-11-7-15(8-12-22)18(23)21-9-3-4-10-21/h5-6,13,15,20H,3-4,7-12H2,1-2H3. The lowest BCUT2D eigenvalue weighted by Crippen LogP contribution is -2.44. The molecule has 0 radical (unpaired) electrons. The third kappa shape index (κ3) is 4.16. The number of hydrogen-bond acceptors (Lipinski definition) is 4. The zero-order chi connectivity index (χ0) is 19.6. The normalized spacial score (nSPS) is 18.7. The number of piperidine rings is 1. The van der Waals surface area contributed by atoms with E-state index < -0.39 is 10.0 Å². The van der Waals surface area contributed by atoms with Gasteiger partial charge in [-0.25, -0.2) is 13.1 Å². The number of hydrogen-bond donors (Lipinski definition) is 1. The quantitative estimate of drug-likeness (QED) is 0.837.